The Morgan fingerprint density at radius 1 is 0.281 bits per heavy atom. The van der Waals surface area contributed by atoms with Gasteiger partial charge in [0.05, 0.1) is 22.1 Å². The van der Waals surface area contributed by atoms with Crippen molar-refractivity contribution in [1.29, 1.82) is 0 Å². The van der Waals surface area contributed by atoms with E-state index in [4.69, 9.17) is 0 Å². The maximum absolute atomic E-state index is 2.47. The van der Waals surface area contributed by atoms with Crippen LogP contribution < -0.4 is 0 Å². The van der Waals surface area contributed by atoms with E-state index in [1.165, 1.54) is 105 Å². The minimum absolute atomic E-state index is 0.898. The van der Waals surface area contributed by atoms with Gasteiger partial charge in [-0.3, -0.25) is 0 Å². The van der Waals surface area contributed by atoms with Crippen LogP contribution in [-0.2, 0) is 6.42 Å². The van der Waals surface area contributed by atoms with Gasteiger partial charge in [-0.25, -0.2) is 0 Å². The Morgan fingerprint density at radius 2 is 0.719 bits per heavy atom. The monoisotopic (exact) mass is 724 g/mol. The molecule has 0 N–H and O–H groups in total. The average molecular weight is 725 g/mol. The zero-order valence-corrected chi connectivity index (χ0v) is 31.2. The summed E-state index contributed by atoms with van der Waals surface area (Å²) in [5, 5.41) is 5.12. The van der Waals surface area contributed by atoms with Crippen LogP contribution in [-0.4, -0.2) is 9.13 Å². The molecule has 11 aromatic rings. The van der Waals surface area contributed by atoms with Gasteiger partial charge in [0.25, 0.3) is 0 Å². The lowest BCUT2D eigenvalue weighted by molar-refractivity contribution is 1.17. The van der Waals surface area contributed by atoms with Crippen molar-refractivity contribution in [2.24, 2.45) is 0 Å². The number of hydrogen-bond donors (Lipinski definition) is 0. The van der Waals surface area contributed by atoms with Crippen molar-refractivity contribution in [1.82, 2.24) is 9.13 Å². The smallest absolute Gasteiger partial charge is 0.0548 e. The topological polar surface area (TPSA) is 9.86 Å². The number of hydrogen-bond acceptors (Lipinski definition) is 0. The summed E-state index contributed by atoms with van der Waals surface area (Å²) in [4.78, 5) is 0. The molecule has 0 spiro atoms. The Labute approximate surface area is 331 Å². The van der Waals surface area contributed by atoms with Crippen LogP contribution in [0.5, 0.6) is 0 Å². The molecule has 266 valence electrons. The zero-order valence-electron chi connectivity index (χ0n) is 31.2. The predicted octanol–water partition coefficient (Wildman–Crippen LogP) is 14.5. The highest BCUT2D eigenvalue weighted by Gasteiger charge is 2.25. The second kappa shape index (κ2) is 12.6. The van der Waals surface area contributed by atoms with Gasteiger partial charge in [-0.05, 0) is 117 Å². The third-order valence-corrected chi connectivity index (χ3v) is 12.2. The molecule has 0 aliphatic heterocycles. The van der Waals surface area contributed by atoms with Gasteiger partial charge in [-0.15, -0.1) is 0 Å². The van der Waals surface area contributed by atoms with Crippen LogP contribution in [0.15, 0.2) is 206 Å². The third kappa shape index (κ3) is 4.84. The molecule has 2 heteroatoms. The molecule has 0 saturated carbocycles. The van der Waals surface area contributed by atoms with Crippen molar-refractivity contribution in [2.75, 3.05) is 0 Å². The third-order valence-electron chi connectivity index (χ3n) is 12.2. The minimum Gasteiger partial charge on any atom is -0.309 e. The molecule has 12 rings (SSSR count). The van der Waals surface area contributed by atoms with E-state index < -0.39 is 0 Å². The van der Waals surface area contributed by atoms with E-state index in [9.17, 15) is 0 Å². The summed E-state index contributed by atoms with van der Waals surface area (Å²) in [6.07, 6.45) is 0.898. The Kier molecular flexibility index (Phi) is 7.02. The second-order valence-corrected chi connectivity index (χ2v) is 15.2. The van der Waals surface area contributed by atoms with E-state index >= 15 is 0 Å². The predicted molar refractivity (Wildman–Crippen MR) is 240 cm³/mol. The minimum atomic E-state index is 0.898. The van der Waals surface area contributed by atoms with Gasteiger partial charge in [0.15, 0.2) is 0 Å². The lowest BCUT2D eigenvalue weighted by atomic mass is 9.93. The van der Waals surface area contributed by atoms with Crippen molar-refractivity contribution in [3.63, 3.8) is 0 Å². The molecule has 0 fully saturated rings. The fraction of sp³-hybridized carbons (Fsp3) is 0.0182. The van der Waals surface area contributed by atoms with Crippen LogP contribution in [0, 0.1) is 0 Å². The van der Waals surface area contributed by atoms with Crippen LogP contribution in [0.25, 0.3) is 99.5 Å². The largest absolute Gasteiger partial charge is 0.309 e. The van der Waals surface area contributed by atoms with Crippen LogP contribution in [0.1, 0.15) is 11.1 Å². The number of nitrogens with zero attached hydrogens (tertiary/aromatic N) is 2. The number of rotatable bonds is 5. The summed E-state index contributed by atoms with van der Waals surface area (Å²) in [7, 11) is 0. The lowest BCUT2D eigenvalue weighted by Gasteiger charge is -2.13. The molecular formula is C55H36N2. The van der Waals surface area contributed by atoms with E-state index in [1.54, 1.807) is 0 Å². The van der Waals surface area contributed by atoms with Gasteiger partial charge >= 0.3 is 0 Å². The second-order valence-electron chi connectivity index (χ2n) is 15.2. The lowest BCUT2D eigenvalue weighted by Crippen LogP contribution is -1.96. The molecule has 2 aromatic heterocycles. The van der Waals surface area contributed by atoms with Gasteiger partial charge in [-0.1, -0.05) is 152 Å². The van der Waals surface area contributed by atoms with Crippen molar-refractivity contribution in [2.45, 2.75) is 6.42 Å². The number of para-hydroxylation sites is 3. The Bertz CT molecular complexity index is 3360. The SMILES string of the molecule is c1ccc(-c2cccc(-c3cccc4c3Cc3c(-c5cccc(-n6c7ccccc7c7c8c9ccccc9n(-c9ccccc9)c8ccc76)c5)cccc3-4)c2)cc1. The van der Waals surface area contributed by atoms with Crippen molar-refractivity contribution in [3.8, 4) is 55.9 Å². The van der Waals surface area contributed by atoms with Gasteiger partial charge in [0.1, 0.15) is 0 Å². The summed E-state index contributed by atoms with van der Waals surface area (Å²) < 4.78 is 4.88. The summed E-state index contributed by atoms with van der Waals surface area (Å²) in [5.74, 6) is 0. The van der Waals surface area contributed by atoms with Crippen molar-refractivity contribution in [3.05, 3.63) is 217 Å². The fourth-order valence-corrected chi connectivity index (χ4v) is 9.74. The standard InChI is InChI=1S/C55H36N2/c1-3-15-36(16-4-1)37-17-11-18-38(33-37)42-25-13-27-44-45-28-14-26-43(49(45)35-48(42)44)39-19-12-22-41(34-39)57-51-30-10-8-24-47(51)55-53(57)32-31-52-54(55)46-23-7-9-29-50(46)56(52)40-20-5-2-6-21-40/h1-34H,35H2. The zero-order chi connectivity index (χ0) is 37.5. The molecule has 9 aromatic carbocycles. The number of fused-ring (bicyclic) bond motifs is 10. The molecule has 0 radical (unpaired) electrons. The van der Waals surface area contributed by atoms with E-state index in [0.717, 1.165) is 12.1 Å². The molecule has 0 bridgehead atoms. The van der Waals surface area contributed by atoms with Gasteiger partial charge in [0.2, 0.25) is 0 Å². The van der Waals surface area contributed by atoms with Crippen LogP contribution in [0.3, 0.4) is 0 Å². The van der Waals surface area contributed by atoms with E-state index in [0.29, 0.717) is 0 Å². The molecule has 57 heavy (non-hydrogen) atoms. The molecule has 1 aliphatic carbocycles. The molecule has 1 aliphatic rings. The number of benzene rings is 9. The summed E-state index contributed by atoms with van der Waals surface area (Å²) >= 11 is 0. The summed E-state index contributed by atoms with van der Waals surface area (Å²) in [6.45, 7) is 0. The molecule has 0 unspecified atom stereocenters. The maximum atomic E-state index is 2.47. The molecule has 2 heterocycles. The van der Waals surface area contributed by atoms with Crippen molar-refractivity contribution >= 4 is 43.6 Å². The van der Waals surface area contributed by atoms with Crippen LogP contribution in [0.4, 0.5) is 0 Å². The Morgan fingerprint density at radius 3 is 1.35 bits per heavy atom. The van der Waals surface area contributed by atoms with Gasteiger partial charge < -0.3 is 9.13 Å². The maximum Gasteiger partial charge on any atom is 0.0548 e. The van der Waals surface area contributed by atoms with Crippen LogP contribution >= 0.6 is 0 Å². The van der Waals surface area contributed by atoms with E-state index in [1.807, 2.05) is 0 Å². The van der Waals surface area contributed by atoms with Gasteiger partial charge in [-0.2, -0.15) is 0 Å². The molecule has 2 nitrogen and oxygen atoms in total. The number of aromatic nitrogens is 2. The average Bonchev–Trinajstić information content (AvgIpc) is 3.95. The molecular weight excluding hydrogens is 689 g/mol. The summed E-state index contributed by atoms with van der Waals surface area (Å²) in [6, 6.07) is 75.7. The highest BCUT2D eigenvalue weighted by atomic mass is 15.0. The highest BCUT2D eigenvalue weighted by molar-refractivity contribution is 6.28. The molecule has 0 saturated heterocycles. The van der Waals surface area contributed by atoms with Gasteiger partial charge in [0, 0.05) is 32.9 Å². The first-order chi connectivity index (χ1) is 28.3. The molecule has 0 amide bonds. The first-order valence-corrected chi connectivity index (χ1v) is 19.8. The summed E-state index contributed by atoms with van der Waals surface area (Å²) in [5.41, 5.74) is 20.3. The fourth-order valence-electron chi connectivity index (χ4n) is 9.74. The van der Waals surface area contributed by atoms with E-state index in [2.05, 4.69) is 215 Å². The highest BCUT2D eigenvalue weighted by Crippen LogP contribution is 2.47. The Hall–Kier alpha value is -7.42. The normalized spacial score (nSPS) is 12.1. The van der Waals surface area contributed by atoms with Crippen LogP contribution in [0.2, 0.25) is 0 Å². The first kappa shape index (κ1) is 31.9. The first-order valence-electron chi connectivity index (χ1n) is 19.8. The quantitative estimate of drug-likeness (QED) is 0.167. The Balaban J connectivity index is 1.01. The molecule has 0 atom stereocenters. The van der Waals surface area contributed by atoms with E-state index in [-0.39, 0.29) is 0 Å². The van der Waals surface area contributed by atoms with Crippen molar-refractivity contribution < 1.29 is 0 Å².